The molecule has 0 heterocycles. The third kappa shape index (κ3) is 2.38. The first-order valence-corrected chi connectivity index (χ1v) is 6.20. The van der Waals surface area contributed by atoms with Crippen LogP contribution in [-0.2, 0) is 12.8 Å². The van der Waals surface area contributed by atoms with E-state index < -0.39 is 0 Å². The molecule has 1 aliphatic rings. The Morgan fingerprint density at radius 3 is 2.69 bits per heavy atom. The van der Waals surface area contributed by atoms with E-state index in [4.69, 9.17) is 0 Å². The van der Waals surface area contributed by atoms with Gasteiger partial charge in [0.15, 0.2) is 0 Å². The van der Waals surface area contributed by atoms with Crippen molar-refractivity contribution < 1.29 is 5.11 Å². The lowest BCUT2D eigenvalue weighted by molar-refractivity contribution is 0.249. The molecule has 1 atom stereocenters. The van der Waals surface area contributed by atoms with Gasteiger partial charge in [-0.2, -0.15) is 0 Å². The van der Waals surface area contributed by atoms with Gasteiger partial charge in [0.1, 0.15) is 0 Å². The fourth-order valence-electron chi connectivity index (χ4n) is 2.30. The van der Waals surface area contributed by atoms with E-state index in [2.05, 4.69) is 37.4 Å². The Balaban J connectivity index is 2.10. The molecule has 1 aromatic carbocycles. The molecule has 88 valence electrons. The molecule has 1 aliphatic carbocycles. The van der Waals surface area contributed by atoms with Crippen molar-refractivity contribution in [2.24, 2.45) is 5.92 Å². The third-order valence-electron chi connectivity index (χ3n) is 3.45. The first-order chi connectivity index (χ1) is 7.70. The Bertz CT molecular complexity index is 360. The molecule has 0 radical (unpaired) electrons. The maximum Gasteiger partial charge on any atom is 0.0635 e. The van der Waals surface area contributed by atoms with Gasteiger partial charge in [-0.05, 0) is 48.4 Å². The summed E-state index contributed by atoms with van der Waals surface area (Å²) in [6, 6.07) is 6.75. The van der Waals surface area contributed by atoms with Gasteiger partial charge in [-0.3, -0.25) is 0 Å². The monoisotopic (exact) mass is 219 g/mol. The number of rotatable bonds is 4. The van der Waals surface area contributed by atoms with Crippen molar-refractivity contribution in [1.82, 2.24) is 0 Å². The van der Waals surface area contributed by atoms with Gasteiger partial charge in [0.05, 0.1) is 12.6 Å². The molecule has 0 bridgehead atoms. The molecule has 2 rings (SSSR count). The second kappa shape index (κ2) is 4.88. The summed E-state index contributed by atoms with van der Waals surface area (Å²) in [6.07, 6.45) is 3.71. The number of anilines is 1. The lowest BCUT2D eigenvalue weighted by Crippen LogP contribution is -2.29. The number of aliphatic hydroxyl groups is 1. The predicted molar refractivity (Wildman–Crippen MR) is 67.8 cm³/mol. The van der Waals surface area contributed by atoms with Gasteiger partial charge in [0.25, 0.3) is 0 Å². The second-order valence-electron chi connectivity index (χ2n) is 5.01. The Kier molecular flexibility index (Phi) is 3.49. The van der Waals surface area contributed by atoms with Crippen molar-refractivity contribution in [2.75, 3.05) is 11.9 Å². The molecule has 2 heteroatoms. The van der Waals surface area contributed by atoms with Gasteiger partial charge in [-0.1, -0.05) is 19.9 Å². The second-order valence-corrected chi connectivity index (χ2v) is 5.01. The summed E-state index contributed by atoms with van der Waals surface area (Å²) in [5, 5.41) is 12.7. The standard InChI is InChI=1S/C14H21NO/c1-10(2)14(9-16)15-13-7-6-11-4-3-5-12(11)8-13/h6-8,10,14-16H,3-5,9H2,1-2H3. The van der Waals surface area contributed by atoms with E-state index in [1.807, 2.05) is 0 Å². The first-order valence-electron chi connectivity index (χ1n) is 6.20. The van der Waals surface area contributed by atoms with Crippen LogP contribution in [0.15, 0.2) is 18.2 Å². The zero-order valence-corrected chi connectivity index (χ0v) is 10.2. The SMILES string of the molecule is CC(C)C(CO)Nc1ccc2c(c1)CCC2. The Morgan fingerprint density at radius 1 is 1.25 bits per heavy atom. The van der Waals surface area contributed by atoms with Crippen LogP contribution in [0.1, 0.15) is 31.4 Å². The third-order valence-corrected chi connectivity index (χ3v) is 3.45. The quantitative estimate of drug-likeness (QED) is 0.816. The van der Waals surface area contributed by atoms with Crippen LogP contribution in [0.25, 0.3) is 0 Å². The van der Waals surface area contributed by atoms with Crippen LogP contribution < -0.4 is 5.32 Å². The van der Waals surface area contributed by atoms with E-state index in [-0.39, 0.29) is 12.6 Å². The van der Waals surface area contributed by atoms with Crippen LogP contribution in [0.5, 0.6) is 0 Å². The number of fused-ring (bicyclic) bond motifs is 1. The van der Waals surface area contributed by atoms with Crippen LogP contribution >= 0.6 is 0 Å². The number of nitrogens with one attached hydrogen (secondary N) is 1. The maximum absolute atomic E-state index is 9.29. The Hall–Kier alpha value is -1.02. The van der Waals surface area contributed by atoms with E-state index >= 15 is 0 Å². The summed E-state index contributed by atoms with van der Waals surface area (Å²) in [6.45, 7) is 4.44. The molecular formula is C14H21NO. The average molecular weight is 219 g/mol. The summed E-state index contributed by atoms with van der Waals surface area (Å²) in [5.74, 6) is 0.443. The van der Waals surface area contributed by atoms with Crippen LogP contribution in [0.2, 0.25) is 0 Å². The number of aliphatic hydroxyl groups excluding tert-OH is 1. The van der Waals surface area contributed by atoms with Crippen molar-refractivity contribution in [2.45, 2.75) is 39.2 Å². The minimum atomic E-state index is 0.152. The Labute approximate surface area is 97.7 Å². The zero-order valence-electron chi connectivity index (χ0n) is 10.2. The normalized spacial score (nSPS) is 16.2. The lowest BCUT2D eigenvalue weighted by Gasteiger charge is -2.21. The topological polar surface area (TPSA) is 32.3 Å². The van der Waals surface area contributed by atoms with Gasteiger partial charge in [0.2, 0.25) is 0 Å². The fourth-order valence-corrected chi connectivity index (χ4v) is 2.30. The molecular weight excluding hydrogens is 198 g/mol. The molecule has 16 heavy (non-hydrogen) atoms. The molecule has 0 spiro atoms. The van der Waals surface area contributed by atoms with Gasteiger partial charge < -0.3 is 10.4 Å². The summed E-state index contributed by atoms with van der Waals surface area (Å²) in [7, 11) is 0. The summed E-state index contributed by atoms with van der Waals surface area (Å²) >= 11 is 0. The average Bonchev–Trinajstić information content (AvgIpc) is 2.72. The zero-order chi connectivity index (χ0) is 11.5. The Morgan fingerprint density at radius 2 is 2.00 bits per heavy atom. The lowest BCUT2D eigenvalue weighted by atomic mass is 10.0. The number of hydrogen-bond acceptors (Lipinski definition) is 2. The largest absolute Gasteiger partial charge is 0.394 e. The van der Waals surface area contributed by atoms with Crippen molar-refractivity contribution in [3.8, 4) is 0 Å². The van der Waals surface area contributed by atoms with Gasteiger partial charge >= 0.3 is 0 Å². The van der Waals surface area contributed by atoms with E-state index in [0.29, 0.717) is 5.92 Å². The van der Waals surface area contributed by atoms with Crippen molar-refractivity contribution >= 4 is 5.69 Å². The number of hydrogen-bond donors (Lipinski definition) is 2. The maximum atomic E-state index is 9.29. The molecule has 1 aromatic rings. The molecule has 2 nitrogen and oxygen atoms in total. The summed E-state index contributed by atoms with van der Waals surface area (Å²) < 4.78 is 0. The van der Waals surface area contributed by atoms with Gasteiger partial charge in [-0.15, -0.1) is 0 Å². The highest BCUT2D eigenvalue weighted by molar-refractivity contribution is 5.50. The van der Waals surface area contributed by atoms with Crippen LogP contribution in [0.3, 0.4) is 0 Å². The minimum absolute atomic E-state index is 0.152. The van der Waals surface area contributed by atoms with Gasteiger partial charge in [-0.25, -0.2) is 0 Å². The van der Waals surface area contributed by atoms with Crippen LogP contribution in [-0.4, -0.2) is 17.8 Å². The molecule has 0 fully saturated rings. The smallest absolute Gasteiger partial charge is 0.0635 e. The minimum Gasteiger partial charge on any atom is -0.394 e. The highest BCUT2D eigenvalue weighted by atomic mass is 16.3. The number of benzene rings is 1. The highest BCUT2D eigenvalue weighted by Gasteiger charge is 2.14. The van der Waals surface area contributed by atoms with Crippen molar-refractivity contribution in [3.05, 3.63) is 29.3 Å². The van der Waals surface area contributed by atoms with Crippen LogP contribution in [0.4, 0.5) is 5.69 Å². The molecule has 0 saturated heterocycles. The number of aryl methyl sites for hydroxylation is 2. The summed E-state index contributed by atoms with van der Waals surface area (Å²) in [4.78, 5) is 0. The molecule has 0 aromatic heterocycles. The highest BCUT2D eigenvalue weighted by Crippen LogP contribution is 2.25. The van der Waals surface area contributed by atoms with E-state index in [1.54, 1.807) is 0 Å². The predicted octanol–water partition coefficient (Wildman–Crippen LogP) is 2.60. The van der Waals surface area contributed by atoms with E-state index in [1.165, 1.54) is 30.4 Å². The van der Waals surface area contributed by atoms with Gasteiger partial charge in [0, 0.05) is 5.69 Å². The molecule has 2 N–H and O–H groups in total. The molecule has 1 unspecified atom stereocenters. The summed E-state index contributed by atoms with van der Waals surface area (Å²) in [5.41, 5.74) is 4.12. The van der Waals surface area contributed by atoms with Crippen LogP contribution in [0, 0.1) is 5.92 Å². The van der Waals surface area contributed by atoms with Crippen molar-refractivity contribution in [1.29, 1.82) is 0 Å². The first kappa shape index (κ1) is 11.5. The molecule has 0 amide bonds. The fraction of sp³-hybridized carbons (Fsp3) is 0.571. The van der Waals surface area contributed by atoms with E-state index in [9.17, 15) is 5.11 Å². The van der Waals surface area contributed by atoms with Crippen molar-refractivity contribution in [3.63, 3.8) is 0 Å². The van der Waals surface area contributed by atoms with E-state index in [0.717, 1.165) is 5.69 Å². The molecule has 0 saturated carbocycles. The molecule has 0 aliphatic heterocycles.